The number of benzene rings is 3. The molecule has 0 radical (unpaired) electrons. The Bertz CT molecular complexity index is 1480. The Kier molecular flexibility index (Phi) is 6.38. The van der Waals surface area contributed by atoms with Gasteiger partial charge < -0.3 is 9.84 Å². The van der Waals surface area contributed by atoms with Gasteiger partial charge in [-0.2, -0.15) is 0 Å². The van der Waals surface area contributed by atoms with Crippen molar-refractivity contribution < 1.29 is 23.1 Å². The number of nitrogens with zero attached hydrogens (tertiary/aromatic N) is 1. The van der Waals surface area contributed by atoms with Crippen LogP contribution in [0.3, 0.4) is 0 Å². The van der Waals surface area contributed by atoms with E-state index in [9.17, 15) is 13.2 Å². The number of halogens is 2. The lowest BCUT2D eigenvalue weighted by Crippen LogP contribution is -2.12. The van der Waals surface area contributed by atoms with Gasteiger partial charge in [0.1, 0.15) is 5.75 Å². The summed E-state index contributed by atoms with van der Waals surface area (Å²) in [4.78, 5) is 11.2. The zero-order chi connectivity index (χ0) is 23.8. The molecule has 4 aromatic rings. The summed E-state index contributed by atoms with van der Waals surface area (Å²) in [6, 6.07) is 16.6. The van der Waals surface area contributed by atoms with Crippen molar-refractivity contribution in [2.75, 3.05) is 7.11 Å². The highest BCUT2D eigenvalue weighted by Gasteiger charge is 2.23. The number of ether oxygens (including phenoxy) is 1. The second-order valence-electron chi connectivity index (χ2n) is 7.36. The summed E-state index contributed by atoms with van der Waals surface area (Å²) < 4.78 is 33.7. The van der Waals surface area contributed by atoms with Crippen molar-refractivity contribution >= 4 is 50.1 Å². The molecule has 1 heterocycles. The van der Waals surface area contributed by atoms with Crippen molar-refractivity contribution in [3.63, 3.8) is 0 Å². The van der Waals surface area contributed by atoms with E-state index < -0.39 is 16.0 Å². The molecule has 1 aromatic heterocycles. The maximum Gasteiger partial charge on any atom is 0.303 e. The minimum Gasteiger partial charge on any atom is -0.497 e. The molecule has 0 aliphatic rings. The average Bonchev–Trinajstić information content (AvgIpc) is 3.18. The molecule has 0 aliphatic heterocycles. The molecule has 9 heteroatoms. The monoisotopic (exact) mass is 503 g/mol. The van der Waals surface area contributed by atoms with Gasteiger partial charge in [-0.15, -0.1) is 0 Å². The standard InChI is InChI=1S/C24H19Cl2NO5S/c1-32-17-9-10-22-20(13-17)16(8-11-23(28)29)14-27(22)33(30,31)18-5-2-4-15(12-18)19-6-3-7-21(25)24(19)26/h2-7,9-10,12-14H,8,11H2,1H3,(H,28,29). The number of methoxy groups -OCH3 is 1. The van der Waals surface area contributed by atoms with E-state index >= 15 is 0 Å². The van der Waals surface area contributed by atoms with E-state index in [4.69, 9.17) is 33.0 Å². The van der Waals surface area contributed by atoms with Gasteiger partial charge in [-0.25, -0.2) is 12.4 Å². The molecule has 3 aromatic carbocycles. The van der Waals surface area contributed by atoms with Gasteiger partial charge in [0.05, 0.1) is 27.6 Å². The van der Waals surface area contributed by atoms with E-state index in [1.165, 1.54) is 23.3 Å². The molecule has 0 fully saturated rings. The number of rotatable bonds is 7. The van der Waals surface area contributed by atoms with Gasteiger partial charge in [-0.3, -0.25) is 4.79 Å². The zero-order valence-corrected chi connectivity index (χ0v) is 19.8. The Morgan fingerprint density at radius 3 is 2.55 bits per heavy atom. The van der Waals surface area contributed by atoms with E-state index in [0.29, 0.717) is 43.4 Å². The van der Waals surface area contributed by atoms with E-state index in [-0.39, 0.29) is 17.7 Å². The number of aliphatic carboxylic acids is 1. The molecule has 0 atom stereocenters. The topological polar surface area (TPSA) is 85.6 Å². The first kappa shape index (κ1) is 23.2. The maximum absolute atomic E-state index is 13.6. The Balaban J connectivity index is 1.86. The molecule has 170 valence electrons. The normalized spacial score (nSPS) is 11.6. The maximum atomic E-state index is 13.6. The van der Waals surface area contributed by atoms with E-state index in [2.05, 4.69) is 0 Å². The summed E-state index contributed by atoms with van der Waals surface area (Å²) in [6.45, 7) is 0. The fraction of sp³-hybridized carbons (Fsp3) is 0.125. The van der Waals surface area contributed by atoms with Crippen molar-refractivity contribution in [1.82, 2.24) is 3.97 Å². The van der Waals surface area contributed by atoms with Crippen LogP contribution in [0.5, 0.6) is 5.75 Å². The Labute approximate surface area is 201 Å². The zero-order valence-electron chi connectivity index (χ0n) is 17.5. The van der Waals surface area contributed by atoms with Gasteiger partial charge in [0.15, 0.2) is 0 Å². The van der Waals surface area contributed by atoms with Crippen molar-refractivity contribution in [3.05, 3.63) is 82.5 Å². The molecule has 0 amide bonds. The van der Waals surface area contributed by atoms with Gasteiger partial charge in [0.2, 0.25) is 0 Å². The number of carbonyl (C=O) groups is 1. The highest BCUT2D eigenvalue weighted by atomic mass is 35.5. The SMILES string of the molecule is COc1ccc2c(c1)c(CCC(=O)O)cn2S(=O)(=O)c1cccc(-c2cccc(Cl)c2Cl)c1. The predicted octanol–water partition coefficient (Wildman–Crippen LogP) is 5.88. The second kappa shape index (κ2) is 9.09. The van der Waals surface area contributed by atoms with Crippen LogP contribution in [0.2, 0.25) is 10.0 Å². The molecule has 0 saturated heterocycles. The third-order valence-electron chi connectivity index (χ3n) is 5.32. The van der Waals surface area contributed by atoms with Crippen molar-refractivity contribution in [2.45, 2.75) is 17.7 Å². The summed E-state index contributed by atoms with van der Waals surface area (Å²) in [6.07, 6.45) is 1.53. The van der Waals surface area contributed by atoms with Gasteiger partial charge >= 0.3 is 5.97 Å². The third-order valence-corrected chi connectivity index (χ3v) is 7.81. The molecular weight excluding hydrogens is 485 g/mol. The lowest BCUT2D eigenvalue weighted by molar-refractivity contribution is -0.136. The minimum atomic E-state index is -4.00. The van der Waals surface area contributed by atoms with Crippen LogP contribution in [0.15, 0.2) is 71.8 Å². The van der Waals surface area contributed by atoms with Crippen LogP contribution < -0.4 is 4.74 Å². The first-order valence-corrected chi connectivity index (χ1v) is 12.1. The number of aryl methyl sites for hydroxylation is 1. The molecule has 6 nitrogen and oxygen atoms in total. The quantitative estimate of drug-likeness (QED) is 0.340. The largest absolute Gasteiger partial charge is 0.497 e. The molecule has 0 spiro atoms. The van der Waals surface area contributed by atoms with E-state index in [1.54, 1.807) is 54.6 Å². The van der Waals surface area contributed by atoms with Crippen LogP contribution in [0.1, 0.15) is 12.0 Å². The molecule has 0 unspecified atom stereocenters. The van der Waals surface area contributed by atoms with Gasteiger partial charge in [-0.05, 0) is 53.9 Å². The average molecular weight is 504 g/mol. The molecule has 0 aliphatic carbocycles. The molecule has 4 rings (SSSR count). The van der Waals surface area contributed by atoms with Crippen LogP contribution in [0, 0.1) is 0 Å². The molecule has 0 saturated carbocycles. The van der Waals surface area contributed by atoms with Crippen LogP contribution in [0.4, 0.5) is 0 Å². The van der Waals surface area contributed by atoms with Crippen LogP contribution >= 0.6 is 23.2 Å². The lowest BCUT2D eigenvalue weighted by Gasteiger charge is -2.11. The smallest absolute Gasteiger partial charge is 0.303 e. The Morgan fingerprint density at radius 2 is 1.82 bits per heavy atom. The van der Waals surface area contributed by atoms with Crippen molar-refractivity contribution in [2.24, 2.45) is 0 Å². The first-order valence-electron chi connectivity index (χ1n) is 9.92. The van der Waals surface area contributed by atoms with Gasteiger partial charge in [0.25, 0.3) is 10.0 Å². The fourth-order valence-corrected chi connectivity index (χ4v) is 5.52. The Hall–Kier alpha value is -3.00. The summed E-state index contributed by atoms with van der Waals surface area (Å²) in [5.74, 6) is -0.417. The number of fused-ring (bicyclic) bond motifs is 1. The van der Waals surface area contributed by atoms with Crippen molar-refractivity contribution in [1.29, 1.82) is 0 Å². The molecular formula is C24H19Cl2NO5S. The predicted molar refractivity (Wildman–Crippen MR) is 129 cm³/mol. The number of aromatic nitrogens is 1. The van der Waals surface area contributed by atoms with Crippen molar-refractivity contribution in [3.8, 4) is 16.9 Å². The second-order valence-corrected chi connectivity index (χ2v) is 9.96. The van der Waals surface area contributed by atoms with Crippen LogP contribution in [-0.2, 0) is 21.2 Å². The summed E-state index contributed by atoms with van der Waals surface area (Å²) in [5, 5.41) is 10.4. The number of hydrogen-bond acceptors (Lipinski definition) is 4. The fourth-order valence-electron chi connectivity index (χ4n) is 3.68. The highest BCUT2D eigenvalue weighted by molar-refractivity contribution is 7.90. The Morgan fingerprint density at radius 1 is 1.06 bits per heavy atom. The number of hydrogen-bond donors (Lipinski definition) is 1. The van der Waals surface area contributed by atoms with E-state index in [1.807, 2.05) is 0 Å². The van der Waals surface area contributed by atoms with Crippen LogP contribution in [-0.4, -0.2) is 30.6 Å². The van der Waals surface area contributed by atoms with E-state index in [0.717, 1.165) is 0 Å². The highest BCUT2D eigenvalue weighted by Crippen LogP contribution is 2.35. The number of carboxylic acid groups (broad SMARTS) is 1. The first-order chi connectivity index (χ1) is 15.7. The third kappa shape index (κ3) is 4.44. The number of carboxylic acids is 1. The summed E-state index contributed by atoms with van der Waals surface area (Å²) in [5.41, 5.74) is 2.25. The van der Waals surface area contributed by atoms with Gasteiger partial charge in [-0.1, -0.05) is 47.5 Å². The lowest BCUT2D eigenvalue weighted by atomic mass is 10.1. The summed E-state index contributed by atoms with van der Waals surface area (Å²) >= 11 is 12.5. The summed E-state index contributed by atoms with van der Waals surface area (Å²) in [7, 11) is -2.49. The van der Waals surface area contributed by atoms with Gasteiger partial charge in [0, 0.05) is 23.6 Å². The molecule has 33 heavy (non-hydrogen) atoms. The molecule has 1 N–H and O–H groups in total. The molecule has 0 bridgehead atoms. The minimum absolute atomic E-state index is 0.0635. The van der Waals surface area contributed by atoms with Crippen LogP contribution in [0.25, 0.3) is 22.0 Å².